The fourth-order valence-corrected chi connectivity index (χ4v) is 3.14. The molecule has 0 bridgehead atoms. The average molecular weight is 334 g/mol. The fraction of sp³-hybridized carbons (Fsp3) is 0.316. The van der Waals surface area contributed by atoms with Crippen molar-refractivity contribution in [2.75, 3.05) is 6.54 Å². The number of piperidine rings is 1. The largest absolute Gasteiger partial charge is 0.328 e. The Kier molecular flexibility index (Phi) is 5.14. The zero-order valence-corrected chi connectivity index (χ0v) is 13.7. The van der Waals surface area contributed by atoms with E-state index in [0.717, 1.165) is 12.8 Å². The molecule has 126 valence electrons. The molecular formula is C19H18N4O2. The standard InChI is InChI=1S/C19H18N4O2/c20-12-15(16-7-1-3-10-22-16)18(24)17-8-2-4-11-23(17)19(25)14-6-5-9-21-13-14/h1,3,5-7,9-10,13,15,17H,2,4,8,11H2/t15-,17+/m1/s1. The highest BCUT2D eigenvalue weighted by atomic mass is 16.2. The Bertz CT molecular complexity index is 786. The summed E-state index contributed by atoms with van der Waals surface area (Å²) in [7, 11) is 0. The molecule has 2 atom stereocenters. The lowest BCUT2D eigenvalue weighted by atomic mass is 9.89. The van der Waals surface area contributed by atoms with E-state index >= 15 is 0 Å². The van der Waals surface area contributed by atoms with Crippen molar-refractivity contribution < 1.29 is 9.59 Å². The van der Waals surface area contributed by atoms with E-state index in [0.29, 0.717) is 24.2 Å². The molecule has 0 aliphatic carbocycles. The molecule has 1 fully saturated rings. The van der Waals surface area contributed by atoms with Gasteiger partial charge < -0.3 is 4.90 Å². The summed E-state index contributed by atoms with van der Waals surface area (Å²) in [4.78, 5) is 35.5. The molecule has 0 saturated carbocycles. The van der Waals surface area contributed by atoms with E-state index in [-0.39, 0.29) is 11.7 Å². The first-order chi connectivity index (χ1) is 12.2. The van der Waals surface area contributed by atoms with Crippen molar-refractivity contribution in [3.05, 3.63) is 60.2 Å². The van der Waals surface area contributed by atoms with Crippen LogP contribution in [0.4, 0.5) is 0 Å². The summed E-state index contributed by atoms with van der Waals surface area (Å²) in [5.41, 5.74) is 0.878. The molecule has 2 aromatic heterocycles. The van der Waals surface area contributed by atoms with E-state index < -0.39 is 12.0 Å². The fourth-order valence-electron chi connectivity index (χ4n) is 3.14. The number of carbonyl (C=O) groups excluding carboxylic acids is 2. The highest BCUT2D eigenvalue weighted by molar-refractivity contribution is 6.00. The van der Waals surface area contributed by atoms with Gasteiger partial charge in [-0.1, -0.05) is 6.07 Å². The maximum Gasteiger partial charge on any atom is 0.256 e. The third-order valence-electron chi connectivity index (χ3n) is 4.40. The second-order valence-corrected chi connectivity index (χ2v) is 5.97. The number of nitriles is 1. The summed E-state index contributed by atoms with van der Waals surface area (Å²) in [5, 5.41) is 9.50. The summed E-state index contributed by atoms with van der Waals surface area (Å²) in [6, 6.07) is 9.98. The highest BCUT2D eigenvalue weighted by Crippen LogP contribution is 2.25. The quantitative estimate of drug-likeness (QED) is 0.856. The Morgan fingerprint density at radius 1 is 1.20 bits per heavy atom. The van der Waals surface area contributed by atoms with Crippen LogP contribution >= 0.6 is 0 Å². The van der Waals surface area contributed by atoms with Crippen LogP contribution < -0.4 is 0 Å². The number of rotatable bonds is 4. The molecule has 0 radical (unpaired) electrons. The van der Waals surface area contributed by atoms with Crippen LogP contribution in [-0.4, -0.2) is 39.1 Å². The molecule has 1 amide bonds. The van der Waals surface area contributed by atoms with Gasteiger partial charge in [0.15, 0.2) is 5.78 Å². The molecule has 0 unspecified atom stereocenters. The first-order valence-corrected chi connectivity index (χ1v) is 8.27. The minimum atomic E-state index is -0.964. The maximum atomic E-state index is 13.0. The number of nitrogens with zero attached hydrogens (tertiary/aromatic N) is 4. The molecule has 6 heteroatoms. The van der Waals surface area contributed by atoms with Gasteiger partial charge in [0.25, 0.3) is 5.91 Å². The minimum Gasteiger partial charge on any atom is -0.328 e. The summed E-state index contributed by atoms with van der Waals surface area (Å²) < 4.78 is 0. The Hall–Kier alpha value is -3.07. The van der Waals surface area contributed by atoms with Crippen molar-refractivity contribution in [3.8, 4) is 6.07 Å². The molecule has 3 heterocycles. The Labute approximate surface area is 146 Å². The molecule has 1 saturated heterocycles. The maximum absolute atomic E-state index is 13.0. The minimum absolute atomic E-state index is 0.219. The van der Waals surface area contributed by atoms with Crippen molar-refractivity contribution in [2.24, 2.45) is 0 Å². The van der Waals surface area contributed by atoms with Crippen LogP contribution in [0.1, 0.15) is 41.2 Å². The second kappa shape index (κ2) is 7.67. The van der Waals surface area contributed by atoms with Crippen LogP contribution in [0, 0.1) is 11.3 Å². The Morgan fingerprint density at radius 3 is 2.76 bits per heavy atom. The van der Waals surface area contributed by atoms with Crippen LogP contribution in [0.2, 0.25) is 0 Å². The van der Waals surface area contributed by atoms with Crippen molar-refractivity contribution in [3.63, 3.8) is 0 Å². The summed E-state index contributed by atoms with van der Waals surface area (Å²) >= 11 is 0. The monoisotopic (exact) mass is 334 g/mol. The first-order valence-electron chi connectivity index (χ1n) is 8.27. The van der Waals surface area contributed by atoms with Gasteiger partial charge in [-0.2, -0.15) is 5.26 Å². The lowest BCUT2D eigenvalue weighted by Gasteiger charge is -2.35. The van der Waals surface area contributed by atoms with Gasteiger partial charge in [0.2, 0.25) is 0 Å². The van der Waals surface area contributed by atoms with E-state index in [1.54, 1.807) is 47.6 Å². The second-order valence-electron chi connectivity index (χ2n) is 5.97. The Morgan fingerprint density at radius 2 is 2.08 bits per heavy atom. The Balaban J connectivity index is 1.86. The van der Waals surface area contributed by atoms with Gasteiger partial charge in [-0.3, -0.25) is 19.6 Å². The van der Waals surface area contributed by atoms with Gasteiger partial charge in [-0.25, -0.2) is 0 Å². The molecule has 1 aliphatic heterocycles. The number of Topliss-reactive ketones (excluding diaryl/α,β-unsaturated/α-hetero) is 1. The average Bonchev–Trinajstić information content (AvgIpc) is 2.69. The summed E-state index contributed by atoms with van der Waals surface area (Å²) in [6.07, 6.45) is 6.92. The first kappa shape index (κ1) is 16.8. The number of likely N-dealkylation sites (tertiary alicyclic amines) is 1. The number of hydrogen-bond donors (Lipinski definition) is 0. The normalized spacial score (nSPS) is 18.2. The number of aromatic nitrogens is 2. The summed E-state index contributed by atoms with van der Waals surface area (Å²) in [6.45, 7) is 0.504. The van der Waals surface area contributed by atoms with Crippen molar-refractivity contribution in [1.29, 1.82) is 5.26 Å². The van der Waals surface area contributed by atoms with E-state index in [2.05, 4.69) is 16.0 Å². The van der Waals surface area contributed by atoms with Gasteiger partial charge in [0.1, 0.15) is 5.92 Å². The third-order valence-corrected chi connectivity index (χ3v) is 4.40. The molecule has 0 N–H and O–H groups in total. The van der Waals surface area contributed by atoms with Crippen LogP contribution in [0.15, 0.2) is 48.9 Å². The van der Waals surface area contributed by atoms with Crippen LogP contribution in [-0.2, 0) is 4.79 Å². The smallest absolute Gasteiger partial charge is 0.256 e. The van der Waals surface area contributed by atoms with Crippen molar-refractivity contribution >= 4 is 11.7 Å². The number of ketones is 1. The van der Waals surface area contributed by atoms with E-state index in [1.807, 2.05) is 0 Å². The topological polar surface area (TPSA) is 87.0 Å². The lowest BCUT2D eigenvalue weighted by Crippen LogP contribution is -2.49. The number of pyridine rings is 2. The van der Waals surface area contributed by atoms with Crippen LogP contribution in [0.5, 0.6) is 0 Å². The molecule has 3 rings (SSSR count). The molecule has 6 nitrogen and oxygen atoms in total. The van der Waals surface area contributed by atoms with Crippen LogP contribution in [0.25, 0.3) is 0 Å². The van der Waals surface area contributed by atoms with Gasteiger partial charge in [-0.15, -0.1) is 0 Å². The summed E-state index contributed by atoms with van der Waals surface area (Å²) in [5.74, 6) is -1.45. The van der Waals surface area contributed by atoms with Crippen molar-refractivity contribution in [2.45, 2.75) is 31.2 Å². The van der Waals surface area contributed by atoms with Gasteiger partial charge in [0.05, 0.1) is 23.4 Å². The van der Waals surface area contributed by atoms with E-state index in [9.17, 15) is 14.9 Å². The molecular weight excluding hydrogens is 316 g/mol. The highest BCUT2D eigenvalue weighted by Gasteiger charge is 2.37. The number of hydrogen-bond acceptors (Lipinski definition) is 5. The predicted molar refractivity (Wildman–Crippen MR) is 90.5 cm³/mol. The molecule has 1 aliphatic rings. The van der Waals surface area contributed by atoms with Gasteiger partial charge in [0, 0.05) is 25.1 Å². The molecule has 2 aromatic rings. The van der Waals surface area contributed by atoms with E-state index in [1.165, 1.54) is 6.20 Å². The van der Waals surface area contributed by atoms with Crippen LogP contribution in [0.3, 0.4) is 0 Å². The van der Waals surface area contributed by atoms with Gasteiger partial charge in [-0.05, 0) is 43.5 Å². The SMILES string of the molecule is N#C[C@@H](C(=O)[C@@H]1CCCCN1C(=O)c1cccnc1)c1ccccn1. The lowest BCUT2D eigenvalue weighted by molar-refractivity contribution is -0.124. The predicted octanol–water partition coefficient (Wildman–Crippen LogP) is 2.35. The zero-order chi connectivity index (χ0) is 17.6. The third kappa shape index (κ3) is 3.56. The molecule has 0 spiro atoms. The number of carbonyl (C=O) groups is 2. The zero-order valence-electron chi connectivity index (χ0n) is 13.7. The number of amides is 1. The molecule has 25 heavy (non-hydrogen) atoms. The van der Waals surface area contributed by atoms with Gasteiger partial charge >= 0.3 is 0 Å². The molecule has 0 aromatic carbocycles. The van der Waals surface area contributed by atoms with Crippen molar-refractivity contribution in [1.82, 2.24) is 14.9 Å². The van der Waals surface area contributed by atoms with E-state index in [4.69, 9.17) is 0 Å².